The molecule has 0 unspecified atom stereocenters. The van der Waals surface area contributed by atoms with Gasteiger partial charge in [0.2, 0.25) is 0 Å². The first-order valence-electron chi connectivity index (χ1n) is 7.74. The van der Waals surface area contributed by atoms with Gasteiger partial charge < -0.3 is 4.74 Å². The summed E-state index contributed by atoms with van der Waals surface area (Å²) in [4.78, 5) is 7.82. The van der Waals surface area contributed by atoms with Crippen molar-refractivity contribution in [1.29, 1.82) is 0 Å². The van der Waals surface area contributed by atoms with Gasteiger partial charge in [0, 0.05) is 37.8 Å². The highest BCUT2D eigenvalue weighted by molar-refractivity contribution is 7.15. The van der Waals surface area contributed by atoms with Gasteiger partial charge in [0.1, 0.15) is 0 Å². The van der Waals surface area contributed by atoms with E-state index in [0.717, 1.165) is 43.3 Å². The molecule has 0 spiro atoms. The Kier molecular flexibility index (Phi) is 4.68. The molecule has 1 atom stereocenters. The zero-order chi connectivity index (χ0) is 15.6. The van der Waals surface area contributed by atoms with Crippen molar-refractivity contribution in [3.05, 3.63) is 44.8 Å². The first kappa shape index (κ1) is 15.6. The maximum absolute atomic E-state index is 6.37. The molecule has 1 aliphatic heterocycles. The van der Waals surface area contributed by atoms with E-state index in [-0.39, 0.29) is 0 Å². The lowest BCUT2D eigenvalue weighted by atomic mass is 10.2. The van der Waals surface area contributed by atoms with Crippen LogP contribution in [0, 0.1) is 0 Å². The van der Waals surface area contributed by atoms with E-state index in [1.54, 1.807) is 22.7 Å². The summed E-state index contributed by atoms with van der Waals surface area (Å²) in [5.74, 6) is 0. The van der Waals surface area contributed by atoms with Crippen molar-refractivity contribution in [3.63, 3.8) is 0 Å². The van der Waals surface area contributed by atoms with Crippen LogP contribution < -0.4 is 0 Å². The zero-order valence-corrected chi connectivity index (χ0v) is 15.0. The predicted molar refractivity (Wildman–Crippen MR) is 95.5 cm³/mol. The number of hydrogen-bond donors (Lipinski definition) is 0. The third kappa shape index (κ3) is 3.46. The topological polar surface area (TPSA) is 29.8 Å². The molecule has 1 saturated heterocycles. The molecule has 3 aromatic rings. The molecular formula is C16H18ClN3OS2. The number of thiazole rings is 1. The molecule has 4 nitrogen and oxygen atoms in total. The highest BCUT2D eigenvalue weighted by atomic mass is 35.5. The molecule has 4 rings (SSSR count). The van der Waals surface area contributed by atoms with E-state index in [9.17, 15) is 0 Å². The van der Waals surface area contributed by atoms with Gasteiger partial charge in [-0.3, -0.25) is 9.30 Å². The normalized spacial score (nSPS) is 18.4. The zero-order valence-electron chi connectivity index (χ0n) is 12.7. The second-order valence-electron chi connectivity index (χ2n) is 5.84. The van der Waals surface area contributed by atoms with Crippen LogP contribution in [0.3, 0.4) is 0 Å². The Morgan fingerprint density at radius 2 is 2.35 bits per heavy atom. The molecule has 122 valence electrons. The summed E-state index contributed by atoms with van der Waals surface area (Å²) >= 11 is 9.72. The smallest absolute Gasteiger partial charge is 0.195 e. The molecule has 4 heterocycles. The van der Waals surface area contributed by atoms with Crippen molar-refractivity contribution in [2.24, 2.45) is 0 Å². The summed E-state index contributed by atoms with van der Waals surface area (Å²) in [6.45, 7) is 3.52. The van der Waals surface area contributed by atoms with E-state index in [2.05, 4.69) is 31.1 Å². The van der Waals surface area contributed by atoms with Gasteiger partial charge in [0.25, 0.3) is 0 Å². The second kappa shape index (κ2) is 6.91. The molecule has 0 saturated carbocycles. The molecular weight excluding hydrogens is 350 g/mol. The number of ether oxygens (including phenoxy) is 1. The van der Waals surface area contributed by atoms with Crippen molar-refractivity contribution in [2.75, 3.05) is 13.2 Å². The van der Waals surface area contributed by atoms with E-state index in [1.165, 1.54) is 12.0 Å². The highest BCUT2D eigenvalue weighted by Gasteiger charge is 2.22. The minimum atomic E-state index is 0.332. The van der Waals surface area contributed by atoms with Gasteiger partial charge in [-0.15, -0.1) is 11.3 Å². The van der Waals surface area contributed by atoms with Crippen molar-refractivity contribution >= 4 is 39.2 Å². The summed E-state index contributed by atoms with van der Waals surface area (Å²) in [6.07, 6.45) is 4.69. The lowest BCUT2D eigenvalue weighted by Gasteiger charge is -2.24. The summed E-state index contributed by atoms with van der Waals surface area (Å²) < 4.78 is 7.93. The summed E-state index contributed by atoms with van der Waals surface area (Å²) in [5.41, 5.74) is 2.41. The molecule has 0 N–H and O–H groups in total. The van der Waals surface area contributed by atoms with E-state index in [0.29, 0.717) is 11.3 Å². The van der Waals surface area contributed by atoms with Crippen LogP contribution in [0.25, 0.3) is 4.96 Å². The summed E-state index contributed by atoms with van der Waals surface area (Å²) in [7, 11) is 0. The minimum Gasteiger partial charge on any atom is -0.377 e. The molecule has 23 heavy (non-hydrogen) atoms. The number of aromatic nitrogens is 2. The first-order chi connectivity index (χ1) is 11.3. The molecule has 0 amide bonds. The largest absolute Gasteiger partial charge is 0.377 e. The average molecular weight is 368 g/mol. The van der Waals surface area contributed by atoms with Crippen LogP contribution in [-0.2, 0) is 17.8 Å². The molecule has 0 aliphatic carbocycles. The van der Waals surface area contributed by atoms with E-state index >= 15 is 0 Å². The number of halogens is 1. The van der Waals surface area contributed by atoms with Gasteiger partial charge in [-0.05, 0) is 35.2 Å². The molecule has 1 fully saturated rings. The molecule has 0 bridgehead atoms. The molecule has 7 heteroatoms. The fourth-order valence-electron chi connectivity index (χ4n) is 3.06. The fourth-order valence-corrected chi connectivity index (χ4v) is 4.74. The van der Waals surface area contributed by atoms with Gasteiger partial charge in [0.05, 0.1) is 11.8 Å². The van der Waals surface area contributed by atoms with Gasteiger partial charge in [-0.25, -0.2) is 4.98 Å². The Morgan fingerprint density at radius 1 is 1.39 bits per heavy atom. The Bertz CT molecular complexity index is 762. The molecule has 0 radical (unpaired) electrons. The van der Waals surface area contributed by atoms with E-state index in [1.807, 2.05) is 11.6 Å². The maximum Gasteiger partial charge on any atom is 0.195 e. The Hall–Kier alpha value is -0.920. The van der Waals surface area contributed by atoms with Gasteiger partial charge in [0.15, 0.2) is 10.1 Å². The minimum absolute atomic E-state index is 0.332. The SMILES string of the molecule is Clc1nc2sccn2c1CN(Cc1ccsc1)C[C@@H]1CCCO1. The predicted octanol–water partition coefficient (Wildman–Crippen LogP) is 4.29. The lowest BCUT2D eigenvalue weighted by molar-refractivity contribution is 0.0674. The van der Waals surface area contributed by atoms with Crippen LogP contribution in [0.5, 0.6) is 0 Å². The van der Waals surface area contributed by atoms with E-state index in [4.69, 9.17) is 16.3 Å². The van der Waals surface area contributed by atoms with Crippen LogP contribution in [0.1, 0.15) is 24.1 Å². The van der Waals surface area contributed by atoms with Gasteiger partial charge in [-0.2, -0.15) is 11.3 Å². The summed E-state index contributed by atoms with van der Waals surface area (Å²) in [6, 6.07) is 2.19. The third-order valence-corrected chi connectivity index (χ3v) is 5.95. The number of rotatable bonds is 6. The van der Waals surface area contributed by atoms with Crippen LogP contribution >= 0.6 is 34.3 Å². The van der Waals surface area contributed by atoms with Crippen molar-refractivity contribution in [1.82, 2.24) is 14.3 Å². The maximum atomic E-state index is 6.37. The van der Waals surface area contributed by atoms with Crippen molar-refractivity contribution in [2.45, 2.75) is 32.0 Å². The van der Waals surface area contributed by atoms with E-state index < -0.39 is 0 Å². The molecule has 0 aromatic carbocycles. The van der Waals surface area contributed by atoms with Gasteiger partial charge in [-0.1, -0.05) is 11.6 Å². The number of imidazole rings is 1. The van der Waals surface area contributed by atoms with Crippen LogP contribution in [0.4, 0.5) is 0 Å². The van der Waals surface area contributed by atoms with Gasteiger partial charge >= 0.3 is 0 Å². The second-order valence-corrected chi connectivity index (χ2v) is 7.85. The molecule has 1 aliphatic rings. The quantitative estimate of drug-likeness (QED) is 0.650. The number of thiophene rings is 1. The highest BCUT2D eigenvalue weighted by Crippen LogP contribution is 2.24. The number of fused-ring (bicyclic) bond motifs is 1. The van der Waals surface area contributed by atoms with Crippen LogP contribution in [0.15, 0.2) is 28.4 Å². The van der Waals surface area contributed by atoms with Crippen molar-refractivity contribution < 1.29 is 4.74 Å². The van der Waals surface area contributed by atoms with Crippen molar-refractivity contribution in [3.8, 4) is 0 Å². The lowest BCUT2D eigenvalue weighted by Crippen LogP contribution is -2.31. The fraction of sp³-hybridized carbons (Fsp3) is 0.438. The first-order valence-corrected chi connectivity index (χ1v) is 9.94. The van der Waals surface area contributed by atoms with Crippen LogP contribution in [-0.4, -0.2) is 33.5 Å². The molecule has 3 aromatic heterocycles. The average Bonchev–Trinajstić information content (AvgIpc) is 3.28. The Balaban J connectivity index is 1.56. The van der Waals surface area contributed by atoms with Crippen LogP contribution in [0.2, 0.25) is 5.15 Å². The standard InChI is InChI=1S/C16H18ClN3OS2/c17-15-14(20-4-7-23-16(20)18-15)10-19(8-12-3-6-22-11-12)9-13-2-1-5-21-13/h3-4,6-7,11,13H,1-2,5,8-10H2/t13-/m0/s1. The monoisotopic (exact) mass is 367 g/mol. The Labute approximate surface area is 148 Å². The number of hydrogen-bond acceptors (Lipinski definition) is 5. The third-order valence-electron chi connectivity index (χ3n) is 4.16. The summed E-state index contributed by atoms with van der Waals surface area (Å²) in [5, 5.41) is 6.99. The number of nitrogens with zero attached hydrogens (tertiary/aromatic N) is 3. The Morgan fingerprint density at radius 3 is 3.13 bits per heavy atom.